The second-order valence-electron chi connectivity index (χ2n) is 3.37. The van der Waals surface area contributed by atoms with Gasteiger partial charge in [-0.05, 0) is 24.3 Å². The average Bonchev–Trinajstić information content (AvgIpc) is 2.64. The fourth-order valence-corrected chi connectivity index (χ4v) is 1.47. The Hall–Kier alpha value is -2.17. The molecule has 0 atom stereocenters. The molecule has 0 saturated heterocycles. The molecule has 2 aromatic rings. The molecule has 0 bridgehead atoms. The topological polar surface area (TPSA) is 55.1 Å². The summed E-state index contributed by atoms with van der Waals surface area (Å²) in [6.07, 6.45) is 1.67. The van der Waals surface area contributed by atoms with E-state index in [4.69, 9.17) is 5.11 Å². The van der Waals surface area contributed by atoms with Gasteiger partial charge in [-0.15, -0.1) is 0 Å². The number of aryl methyl sites for hydroxylation is 1. The Morgan fingerprint density at radius 2 is 2.19 bits per heavy atom. The number of halogens is 1. The van der Waals surface area contributed by atoms with E-state index in [9.17, 15) is 9.18 Å². The fraction of sp³-hybridized carbons (Fsp3) is 0.0909. The van der Waals surface area contributed by atoms with E-state index in [0.717, 1.165) is 6.07 Å². The van der Waals surface area contributed by atoms with Crippen LogP contribution in [0, 0.1) is 5.82 Å². The number of carboxylic acid groups (broad SMARTS) is 1. The molecular weight excluding hydrogens is 211 g/mol. The molecular formula is C11H9FN2O2. The van der Waals surface area contributed by atoms with E-state index in [1.165, 1.54) is 16.8 Å². The van der Waals surface area contributed by atoms with Crippen LogP contribution in [0.1, 0.15) is 10.4 Å². The molecule has 0 fully saturated rings. The van der Waals surface area contributed by atoms with Gasteiger partial charge in [0, 0.05) is 18.8 Å². The van der Waals surface area contributed by atoms with Gasteiger partial charge in [-0.2, -0.15) is 5.10 Å². The minimum Gasteiger partial charge on any atom is -0.478 e. The Morgan fingerprint density at radius 1 is 1.44 bits per heavy atom. The molecule has 1 heterocycles. The van der Waals surface area contributed by atoms with Crippen molar-refractivity contribution in [2.75, 3.05) is 0 Å². The second kappa shape index (κ2) is 3.77. The number of carboxylic acids is 1. The highest BCUT2D eigenvalue weighted by Gasteiger charge is 2.14. The van der Waals surface area contributed by atoms with Gasteiger partial charge in [0.05, 0.1) is 11.3 Å². The van der Waals surface area contributed by atoms with Gasteiger partial charge in [0.15, 0.2) is 0 Å². The van der Waals surface area contributed by atoms with Crippen molar-refractivity contribution < 1.29 is 14.3 Å². The highest BCUT2D eigenvalue weighted by Crippen LogP contribution is 2.23. The minimum absolute atomic E-state index is 0.0418. The van der Waals surface area contributed by atoms with Crippen molar-refractivity contribution in [2.24, 2.45) is 7.05 Å². The third kappa shape index (κ3) is 1.79. The SMILES string of the molecule is Cn1ccc(-c2cc(F)ccc2C(=O)O)n1. The summed E-state index contributed by atoms with van der Waals surface area (Å²) in [7, 11) is 1.71. The molecule has 1 N–H and O–H groups in total. The monoisotopic (exact) mass is 220 g/mol. The Labute approximate surface area is 90.9 Å². The zero-order chi connectivity index (χ0) is 11.7. The Kier molecular flexibility index (Phi) is 2.44. The van der Waals surface area contributed by atoms with Crippen molar-refractivity contribution in [1.82, 2.24) is 9.78 Å². The van der Waals surface area contributed by atoms with Gasteiger partial charge in [-0.25, -0.2) is 9.18 Å². The number of aromatic carboxylic acids is 1. The van der Waals surface area contributed by atoms with E-state index in [1.807, 2.05) is 0 Å². The van der Waals surface area contributed by atoms with Gasteiger partial charge in [-0.1, -0.05) is 0 Å². The maximum atomic E-state index is 13.1. The van der Waals surface area contributed by atoms with Crippen molar-refractivity contribution in [3.05, 3.63) is 41.8 Å². The maximum absolute atomic E-state index is 13.1. The van der Waals surface area contributed by atoms with Crippen LogP contribution in [0.5, 0.6) is 0 Å². The molecule has 1 aromatic carbocycles. The van der Waals surface area contributed by atoms with Crippen molar-refractivity contribution in [1.29, 1.82) is 0 Å². The van der Waals surface area contributed by atoms with Crippen LogP contribution in [0.15, 0.2) is 30.5 Å². The molecule has 2 rings (SSSR count). The Bertz CT molecular complexity index is 549. The summed E-state index contributed by atoms with van der Waals surface area (Å²) in [5.41, 5.74) is 0.771. The lowest BCUT2D eigenvalue weighted by atomic mass is 10.0. The minimum atomic E-state index is -1.10. The maximum Gasteiger partial charge on any atom is 0.336 e. The first-order valence-electron chi connectivity index (χ1n) is 4.61. The Balaban J connectivity index is 2.62. The van der Waals surface area contributed by atoms with E-state index < -0.39 is 11.8 Å². The van der Waals surface area contributed by atoms with E-state index in [1.54, 1.807) is 19.3 Å². The number of rotatable bonds is 2. The summed E-state index contributed by atoms with van der Waals surface area (Å²) in [5, 5.41) is 13.0. The van der Waals surface area contributed by atoms with Gasteiger partial charge in [0.1, 0.15) is 5.82 Å². The molecule has 16 heavy (non-hydrogen) atoms. The van der Waals surface area contributed by atoms with Crippen LogP contribution in [0.25, 0.3) is 11.3 Å². The number of hydrogen-bond acceptors (Lipinski definition) is 2. The summed E-state index contributed by atoms with van der Waals surface area (Å²) >= 11 is 0. The number of carbonyl (C=O) groups is 1. The lowest BCUT2D eigenvalue weighted by molar-refractivity contribution is 0.0697. The average molecular weight is 220 g/mol. The van der Waals surface area contributed by atoms with Crippen molar-refractivity contribution in [3.8, 4) is 11.3 Å². The van der Waals surface area contributed by atoms with Crippen LogP contribution in [-0.2, 0) is 7.05 Å². The van der Waals surface area contributed by atoms with Crippen LogP contribution in [0.2, 0.25) is 0 Å². The molecule has 0 amide bonds. The van der Waals surface area contributed by atoms with Gasteiger partial charge in [0.2, 0.25) is 0 Å². The molecule has 0 saturated carbocycles. The summed E-state index contributed by atoms with van der Waals surface area (Å²) in [6.45, 7) is 0. The van der Waals surface area contributed by atoms with Crippen LogP contribution in [-0.4, -0.2) is 20.9 Å². The standard InChI is InChI=1S/C11H9FN2O2/c1-14-5-4-10(13-14)9-6-7(12)2-3-8(9)11(15)16/h2-6H,1H3,(H,15,16). The first-order chi connectivity index (χ1) is 7.58. The van der Waals surface area contributed by atoms with E-state index >= 15 is 0 Å². The summed E-state index contributed by atoms with van der Waals surface area (Å²) in [5.74, 6) is -1.58. The molecule has 0 spiro atoms. The lowest BCUT2D eigenvalue weighted by Gasteiger charge is -2.02. The van der Waals surface area contributed by atoms with Crippen molar-refractivity contribution in [2.45, 2.75) is 0 Å². The second-order valence-corrected chi connectivity index (χ2v) is 3.37. The van der Waals surface area contributed by atoms with Crippen LogP contribution in [0.3, 0.4) is 0 Å². The summed E-state index contributed by atoms with van der Waals surface area (Å²) in [6, 6.07) is 5.17. The van der Waals surface area contributed by atoms with Crippen LogP contribution in [0.4, 0.5) is 4.39 Å². The van der Waals surface area contributed by atoms with Gasteiger partial charge < -0.3 is 5.11 Å². The summed E-state index contributed by atoms with van der Waals surface area (Å²) in [4.78, 5) is 11.0. The molecule has 0 aliphatic rings. The van der Waals surface area contributed by atoms with Crippen LogP contribution >= 0.6 is 0 Å². The quantitative estimate of drug-likeness (QED) is 0.841. The number of hydrogen-bond donors (Lipinski definition) is 1. The van der Waals surface area contributed by atoms with Crippen LogP contribution < -0.4 is 0 Å². The summed E-state index contributed by atoms with van der Waals surface area (Å²) < 4.78 is 14.6. The zero-order valence-corrected chi connectivity index (χ0v) is 8.51. The predicted molar refractivity (Wildman–Crippen MR) is 55.6 cm³/mol. The molecule has 82 valence electrons. The fourth-order valence-electron chi connectivity index (χ4n) is 1.47. The van der Waals surface area contributed by atoms with Gasteiger partial charge >= 0.3 is 5.97 Å². The number of nitrogens with zero attached hydrogens (tertiary/aromatic N) is 2. The third-order valence-corrected chi connectivity index (χ3v) is 2.20. The third-order valence-electron chi connectivity index (χ3n) is 2.20. The molecule has 5 heteroatoms. The number of benzene rings is 1. The van der Waals surface area contributed by atoms with Gasteiger partial charge in [-0.3, -0.25) is 4.68 Å². The number of aromatic nitrogens is 2. The molecule has 0 aliphatic heterocycles. The molecule has 1 aromatic heterocycles. The van der Waals surface area contributed by atoms with E-state index in [2.05, 4.69) is 5.10 Å². The predicted octanol–water partition coefficient (Wildman–Crippen LogP) is 1.92. The van der Waals surface area contributed by atoms with Crippen molar-refractivity contribution >= 4 is 5.97 Å². The molecule has 0 aliphatic carbocycles. The first kappa shape index (κ1) is 10.4. The van der Waals surface area contributed by atoms with Crippen molar-refractivity contribution in [3.63, 3.8) is 0 Å². The zero-order valence-electron chi connectivity index (χ0n) is 8.51. The molecule has 0 unspecified atom stereocenters. The van der Waals surface area contributed by atoms with Gasteiger partial charge in [0.25, 0.3) is 0 Å². The van der Waals surface area contributed by atoms with E-state index in [0.29, 0.717) is 5.69 Å². The molecule has 4 nitrogen and oxygen atoms in total. The smallest absolute Gasteiger partial charge is 0.336 e. The normalized spacial score (nSPS) is 10.4. The van der Waals surface area contributed by atoms with E-state index in [-0.39, 0.29) is 11.1 Å². The largest absolute Gasteiger partial charge is 0.478 e. The molecule has 0 radical (unpaired) electrons. The highest BCUT2D eigenvalue weighted by atomic mass is 19.1. The highest BCUT2D eigenvalue weighted by molar-refractivity contribution is 5.95. The first-order valence-corrected chi connectivity index (χ1v) is 4.61. The Morgan fingerprint density at radius 3 is 2.75 bits per heavy atom. The lowest BCUT2D eigenvalue weighted by Crippen LogP contribution is -2.00.